The van der Waals surface area contributed by atoms with E-state index in [1.807, 2.05) is 18.2 Å². The van der Waals surface area contributed by atoms with Crippen LogP contribution < -0.4 is 4.74 Å². The van der Waals surface area contributed by atoms with Crippen LogP contribution in [0, 0.1) is 0 Å². The molecule has 1 aromatic carbocycles. The number of carbonyl (C=O) groups excluding carboxylic acids is 1. The van der Waals surface area contributed by atoms with Crippen molar-refractivity contribution in [1.29, 1.82) is 0 Å². The Kier molecular flexibility index (Phi) is 4.49. The van der Waals surface area contributed by atoms with Crippen LogP contribution in [0.2, 0.25) is 0 Å². The highest BCUT2D eigenvalue weighted by Crippen LogP contribution is 2.32. The SMILES string of the molecule is CC(O)C(=O)N1CCC(Oc2ccc3c(c2)CCC3)(C(=O)O)CC1. The molecule has 1 aliphatic carbocycles. The molecular formula is C18H23NO5. The number of nitrogens with zero attached hydrogens (tertiary/aromatic N) is 1. The zero-order valence-corrected chi connectivity index (χ0v) is 13.8. The Morgan fingerprint density at radius 2 is 1.88 bits per heavy atom. The van der Waals surface area contributed by atoms with Gasteiger partial charge in [-0.2, -0.15) is 0 Å². The summed E-state index contributed by atoms with van der Waals surface area (Å²) in [5.74, 6) is -0.799. The third-order valence-electron chi connectivity index (χ3n) is 5.01. The maximum atomic E-state index is 11.9. The molecule has 6 heteroatoms. The molecule has 1 aromatic rings. The monoisotopic (exact) mass is 333 g/mol. The van der Waals surface area contributed by atoms with Gasteiger partial charge in [0.2, 0.25) is 5.60 Å². The number of amides is 1. The van der Waals surface area contributed by atoms with E-state index in [0.717, 1.165) is 19.3 Å². The second-order valence-electron chi connectivity index (χ2n) is 6.69. The number of benzene rings is 1. The van der Waals surface area contributed by atoms with Crippen molar-refractivity contribution in [2.24, 2.45) is 0 Å². The summed E-state index contributed by atoms with van der Waals surface area (Å²) in [5, 5.41) is 19.1. The van der Waals surface area contributed by atoms with E-state index in [1.165, 1.54) is 23.0 Å². The van der Waals surface area contributed by atoms with Crippen LogP contribution in [0.5, 0.6) is 5.75 Å². The normalized spacial score (nSPS) is 20.3. The minimum atomic E-state index is -1.32. The number of carbonyl (C=O) groups is 2. The van der Waals surface area contributed by atoms with Crippen molar-refractivity contribution in [2.75, 3.05) is 13.1 Å². The van der Waals surface area contributed by atoms with Gasteiger partial charge in [-0.3, -0.25) is 4.79 Å². The van der Waals surface area contributed by atoms with Crippen molar-refractivity contribution in [2.45, 2.75) is 50.7 Å². The fraction of sp³-hybridized carbons (Fsp3) is 0.556. The molecule has 1 saturated heterocycles. The van der Waals surface area contributed by atoms with Crippen molar-refractivity contribution in [3.63, 3.8) is 0 Å². The quantitative estimate of drug-likeness (QED) is 0.869. The first-order valence-corrected chi connectivity index (χ1v) is 8.42. The molecule has 1 fully saturated rings. The number of hydrogen-bond donors (Lipinski definition) is 2. The minimum Gasteiger partial charge on any atom is -0.478 e. The number of ether oxygens (including phenoxy) is 1. The lowest BCUT2D eigenvalue weighted by Gasteiger charge is -2.39. The molecule has 1 unspecified atom stereocenters. The summed E-state index contributed by atoms with van der Waals surface area (Å²) in [6.45, 7) is 1.95. The first-order valence-electron chi connectivity index (χ1n) is 8.42. The molecule has 3 rings (SSSR count). The molecule has 130 valence electrons. The number of aryl methyl sites for hydroxylation is 2. The Morgan fingerprint density at radius 3 is 2.50 bits per heavy atom. The van der Waals surface area contributed by atoms with Crippen molar-refractivity contribution >= 4 is 11.9 Å². The van der Waals surface area contributed by atoms with Crippen LogP contribution in [0.4, 0.5) is 0 Å². The maximum Gasteiger partial charge on any atom is 0.348 e. The van der Waals surface area contributed by atoms with Gasteiger partial charge in [0.15, 0.2) is 0 Å². The van der Waals surface area contributed by atoms with E-state index >= 15 is 0 Å². The number of carboxylic acids is 1. The first kappa shape index (κ1) is 16.8. The van der Waals surface area contributed by atoms with E-state index in [9.17, 15) is 19.8 Å². The number of aliphatic hydroxyl groups is 1. The lowest BCUT2D eigenvalue weighted by molar-refractivity contribution is -0.163. The van der Waals surface area contributed by atoms with Crippen LogP contribution in [-0.4, -0.2) is 51.8 Å². The average Bonchev–Trinajstić information content (AvgIpc) is 3.02. The third-order valence-corrected chi connectivity index (χ3v) is 5.01. The highest BCUT2D eigenvalue weighted by atomic mass is 16.5. The Hall–Kier alpha value is -2.08. The molecule has 24 heavy (non-hydrogen) atoms. The molecule has 2 N–H and O–H groups in total. The minimum absolute atomic E-state index is 0.206. The van der Waals surface area contributed by atoms with Crippen molar-refractivity contribution < 1.29 is 24.5 Å². The topological polar surface area (TPSA) is 87.1 Å². The Balaban J connectivity index is 1.74. The van der Waals surface area contributed by atoms with Gasteiger partial charge in [0, 0.05) is 25.9 Å². The Morgan fingerprint density at radius 1 is 1.21 bits per heavy atom. The fourth-order valence-electron chi connectivity index (χ4n) is 3.55. The number of aliphatic carboxylic acids is 1. The summed E-state index contributed by atoms with van der Waals surface area (Å²) in [5.41, 5.74) is 1.22. The molecule has 0 aromatic heterocycles. The Labute approximate surface area is 141 Å². The van der Waals surface area contributed by atoms with Gasteiger partial charge in [-0.1, -0.05) is 6.07 Å². The van der Waals surface area contributed by atoms with E-state index < -0.39 is 17.7 Å². The number of fused-ring (bicyclic) bond motifs is 1. The predicted octanol–water partition coefficient (Wildman–Crippen LogP) is 1.38. The molecule has 1 atom stereocenters. The average molecular weight is 333 g/mol. The third kappa shape index (κ3) is 3.11. The largest absolute Gasteiger partial charge is 0.478 e. The zero-order valence-electron chi connectivity index (χ0n) is 13.8. The summed E-state index contributed by atoms with van der Waals surface area (Å²) in [6.07, 6.45) is 2.54. The molecular weight excluding hydrogens is 310 g/mol. The lowest BCUT2D eigenvalue weighted by atomic mass is 9.90. The van der Waals surface area contributed by atoms with E-state index in [2.05, 4.69) is 0 Å². The van der Waals surface area contributed by atoms with Crippen molar-refractivity contribution in [1.82, 2.24) is 4.90 Å². The summed E-state index contributed by atoms with van der Waals surface area (Å²) < 4.78 is 5.92. The predicted molar refractivity (Wildman–Crippen MR) is 87.0 cm³/mol. The number of aliphatic hydroxyl groups excluding tert-OH is 1. The van der Waals surface area contributed by atoms with Crippen LogP contribution in [0.25, 0.3) is 0 Å². The van der Waals surface area contributed by atoms with E-state index in [-0.39, 0.29) is 31.8 Å². The number of carboxylic acid groups (broad SMARTS) is 1. The number of likely N-dealkylation sites (tertiary alicyclic amines) is 1. The fourth-order valence-corrected chi connectivity index (χ4v) is 3.55. The van der Waals surface area contributed by atoms with E-state index in [0.29, 0.717) is 5.75 Å². The Bertz CT molecular complexity index is 647. The van der Waals surface area contributed by atoms with E-state index in [4.69, 9.17) is 4.74 Å². The van der Waals surface area contributed by atoms with Crippen LogP contribution in [-0.2, 0) is 22.4 Å². The van der Waals surface area contributed by atoms with E-state index in [1.54, 1.807) is 0 Å². The molecule has 0 radical (unpaired) electrons. The first-order chi connectivity index (χ1) is 11.4. The number of piperidine rings is 1. The second-order valence-corrected chi connectivity index (χ2v) is 6.69. The van der Waals surface area contributed by atoms with Gasteiger partial charge in [0.1, 0.15) is 11.9 Å². The van der Waals surface area contributed by atoms with Crippen LogP contribution >= 0.6 is 0 Å². The molecule has 1 aliphatic heterocycles. The van der Waals surface area contributed by atoms with Crippen molar-refractivity contribution in [3.05, 3.63) is 29.3 Å². The van der Waals surface area contributed by atoms with Crippen LogP contribution in [0.15, 0.2) is 18.2 Å². The van der Waals surface area contributed by atoms with Gasteiger partial charge in [-0.15, -0.1) is 0 Å². The summed E-state index contributed by atoms with van der Waals surface area (Å²) >= 11 is 0. The molecule has 2 aliphatic rings. The summed E-state index contributed by atoms with van der Waals surface area (Å²) in [7, 11) is 0. The molecule has 1 amide bonds. The molecule has 0 saturated carbocycles. The number of hydrogen-bond acceptors (Lipinski definition) is 4. The van der Waals surface area contributed by atoms with Crippen molar-refractivity contribution in [3.8, 4) is 5.75 Å². The zero-order chi connectivity index (χ0) is 17.3. The highest BCUT2D eigenvalue weighted by Gasteiger charge is 2.45. The molecule has 0 spiro atoms. The van der Waals surface area contributed by atoms with Crippen LogP contribution in [0.3, 0.4) is 0 Å². The van der Waals surface area contributed by atoms with Gasteiger partial charge < -0.3 is 19.8 Å². The molecule has 0 bridgehead atoms. The summed E-state index contributed by atoms with van der Waals surface area (Å²) in [4.78, 5) is 25.2. The molecule has 6 nitrogen and oxygen atoms in total. The van der Waals surface area contributed by atoms with Gasteiger partial charge in [-0.05, 0) is 49.4 Å². The standard InChI is InChI=1S/C18H23NO5/c1-12(20)16(21)19-9-7-18(8-10-19,17(22)23)24-15-6-5-13-3-2-4-14(13)11-15/h5-6,11-12,20H,2-4,7-10H2,1H3,(H,22,23). The molecule has 1 heterocycles. The van der Waals surface area contributed by atoms with Gasteiger partial charge in [-0.25, -0.2) is 4.79 Å². The number of rotatable bonds is 4. The van der Waals surface area contributed by atoms with Gasteiger partial charge in [0.25, 0.3) is 5.91 Å². The highest BCUT2D eigenvalue weighted by molar-refractivity contribution is 5.82. The smallest absolute Gasteiger partial charge is 0.348 e. The summed E-state index contributed by atoms with van der Waals surface area (Å²) in [6, 6.07) is 5.79. The van der Waals surface area contributed by atoms with Gasteiger partial charge in [0.05, 0.1) is 0 Å². The van der Waals surface area contributed by atoms with Crippen LogP contribution in [0.1, 0.15) is 37.3 Å². The lowest BCUT2D eigenvalue weighted by Crippen LogP contribution is -2.55. The maximum absolute atomic E-state index is 11.9. The second kappa shape index (κ2) is 6.43. The van der Waals surface area contributed by atoms with Gasteiger partial charge >= 0.3 is 5.97 Å².